The average Bonchev–Trinajstić information content (AvgIpc) is 2.01. The van der Waals surface area contributed by atoms with Crippen molar-refractivity contribution in [3.63, 3.8) is 0 Å². The fraction of sp³-hybridized carbons (Fsp3) is 0.545. The van der Waals surface area contributed by atoms with E-state index in [1.807, 2.05) is 12.3 Å². The predicted octanol–water partition coefficient (Wildman–Crippen LogP) is 2.98. The molecule has 1 aromatic heterocycles. The fourth-order valence-corrected chi connectivity index (χ4v) is 1.17. The highest BCUT2D eigenvalue weighted by Gasteiger charge is 1.97. The Hall–Kier alpha value is -0.850. The first-order valence-electron chi connectivity index (χ1n) is 4.60. The first-order chi connectivity index (χ1) is 5.68. The van der Waals surface area contributed by atoms with Crippen LogP contribution in [0.5, 0.6) is 0 Å². The second-order valence-electron chi connectivity index (χ2n) is 3.76. The summed E-state index contributed by atoms with van der Waals surface area (Å²) in [5.74, 6) is 0.771. The molecule has 0 bridgehead atoms. The zero-order valence-corrected chi connectivity index (χ0v) is 8.17. The first kappa shape index (κ1) is 9.24. The zero-order valence-electron chi connectivity index (χ0n) is 8.17. The molecule has 0 N–H and O–H groups in total. The van der Waals surface area contributed by atoms with E-state index in [0.717, 1.165) is 12.3 Å². The van der Waals surface area contributed by atoms with E-state index in [-0.39, 0.29) is 0 Å². The normalized spacial score (nSPS) is 10.7. The molecule has 0 radical (unpaired) electrons. The van der Waals surface area contributed by atoms with Gasteiger partial charge in [-0.15, -0.1) is 0 Å². The van der Waals surface area contributed by atoms with E-state index in [0.29, 0.717) is 0 Å². The molecule has 1 heterocycles. The summed E-state index contributed by atoms with van der Waals surface area (Å²) >= 11 is 0. The molecule has 0 saturated carbocycles. The van der Waals surface area contributed by atoms with Crippen molar-refractivity contribution in [1.82, 2.24) is 4.98 Å². The van der Waals surface area contributed by atoms with Crippen molar-refractivity contribution in [2.45, 2.75) is 33.6 Å². The lowest BCUT2D eigenvalue weighted by atomic mass is 10.1. The Morgan fingerprint density at radius 3 is 2.75 bits per heavy atom. The number of hydrogen-bond acceptors (Lipinski definition) is 1. The van der Waals surface area contributed by atoms with Crippen LogP contribution in [-0.2, 0) is 6.42 Å². The van der Waals surface area contributed by atoms with Gasteiger partial charge < -0.3 is 0 Å². The van der Waals surface area contributed by atoms with Gasteiger partial charge in [0.2, 0.25) is 0 Å². The van der Waals surface area contributed by atoms with Crippen LogP contribution in [0.25, 0.3) is 0 Å². The van der Waals surface area contributed by atoms with Crippen molar-refractivity contribution in [2.24, 2.45) is 5.92 Å². The Labute approximate surface area is 74.8 Å². The van der Waals surface area contributed by atoms with E-state index in [9.17, 15) is 0 Å². The van der Waals surface area contributed by atoms with Gasteiger partial charge in [-0.05, 0) is 43.4 Å². The first-order valence-corrected chi connectivity index (χ1v) is 4.60. The van der Waals surface area contributed by atoms with E-state index in [1.165, 1.54) is 17.7 Å². The SMILES string of the molecule is Cc1ccnc(CCC(C)C)c1. The molecule has 0 unspecified atom stereocenters. The maximum absolute atomic E-state index is 4.31. The lowest BCUT2D eigenvalue weighted by Crippen LogP contribution is -1.94. The zero-order chi connectivity index (χ0) is 8.97. The Bertz CT molecular complexity index is 241. The van der Waals surface area contributed by atoms with Crippen molar-refractivity contribution in [1.29, 1.82) is 0 Å². The summed E-state index contributed by atoms with van der Waals surface area (Å²) in [6, 6.07) is 4.21. The third kappa shape index (κ3) is 3.04. The van der Waals surface area contributed by atoms with Gasteiger partial charge in [-0.25, -0.2) is 0 Å². The highest BCUT2D eigenvalue weighted by molar-refractivity contribution is 5.14. The van der Waals surface area contributed by atoms with Crippen LogP contribution in [0.2, 0.25) is 0 Å². The molecule has 0 spiro atoms. The molecule has 0 aliphatic rings. The second kappa shape index (κ2) is 4.24. The van der Waals surface area contributed by atoms with Gasteiger partial charge in [0.1, 0.15) is 0 Å². The molecule has 1 aromatic rings. The summed E-state index contributed by atoms with van der Waals surface area (Å²) in [6.07, 6.45) is 4.24. The van der Waals surface area contributed by atoms with Gasteiger partial charge in [0.05, 0.1) is 0 Å². The molecule has 1 nitrogen and oxygen atoms in total. The molecular formula is C11H17N. The molecule has 0 amide bonds. The standard InChI is InChI=1S/C11H17N/c1-9(2)4-5-11-8-10(3)6-7-12-11/h6-9H,4-5H2,1-3H3. The van der Waals surface area contributed by atoms with Gasteiger partial charge in [0, 0.05) is 11.9 Å². The van der Waals surface area contributed by atoms with E-state index in [2.05, 4.69) is 31.8 Å². The van der Waals surface area contributed by atoms with Crippen molar-refractivity contribution in [3.8, 4) is 0 Å². The summed E-state index contributed by atoms with van der Waals surface area (Å²) in [6.45, 7) is 6.60. The van der Waals surface area contributed by atoms with E-state index < -0.39 is 0 Å². The summed E-state index contributed by atoms with van der Waals surface area (Å²) in [5.41, 5.74) is 2.53. The number of aryl methyl sites for hydroxylation is 2. The second-order valence-corrected chi connectivity index (χ2v) is 3.76. The summed E-state index contributed by atoms with van der Waals surface area (Å²) in [7, 11) is 0. The van der Waals surface area contributed by atoms with Crippen LogP contribution in [-0.4, -0.2) is 4.98 Å². The fourth-order valence-electron chi connectivity index (χ4n) is 1.17. The van der Waals surface area contributed by atoms with Crippen LogP contribution in [0.15, 0.2) is 18.3 Å². The summed E-state index contributed by atoms with van der Waals surface area (Å²) in [4.78, 5) is 4.31. The maximum atomic E-state index is 4.31. The quantitative estimate of drug-likeness (QED) is 0.667. The molecule has 0 atom stereocenters. The van der Waals surface area contributed by atoms with Crippen LogP contribution in [0.1, 0.15) is 31.5 Å². The van der Waals surface area contributed by atoms with Crippen LogP contribution in [0, 0.1) is 12.8 Å². The summed E-state index contributed by atoms with van der Waals surface area (Å²) in [5, 5.41) is 0. The largest absolute Gasteiger partial charge is 0.261 e. The molecule has 0 saturated heterocycles. The highest BCUT2D eigenvalue weighted by atomic mass is 14.7. The maximum Gasteiger partial charge on any atom is 0.0406 e. The minimum Gasteiger partial charge on any atom is -0.261 e. The van der Waals surface area contributed by atoms with Gasteiger partial charge in [-0.1, -0.05) is 13.8 Å². The van der Waals surface area contributed by atoms with E-state index in [4.69, 9.17) is 0 Å². The lowest BCUT2D eigenvalue weighted by molar-refractivity contribution is 0.581. The van der Waals surface area contributed by atoms with Gasteiger partial charge >= 0.3 is 0 Å². The Kier molecular flexibility index (Phi) is 3.27. The van der Waals surface area contributed by atoms with Gasteiger partial charge in [0.15, 0.2) is 0 Å². The molecule has 1 rings (SSSR count). The number of pyridine rings is 1. The number of nitrogens with zero attached hydrogens (tertiary/aromatic N) is 1. The number of hydrogen-bond donors (Lipinski definition) is 0. The Morgan fingerprint density at radius 1 is 1.42 bits per heavy atom. The van der Waals surface area contributed by atoms with Crippen molar-refractivity contribution < 1.29 is 0 Å². The van der Waals surface area contributed by atoms with Gasteiger partial charge in [-0.3, -0.25) is 4.98 Å². The van der Waals surface area contributed by atoms with E-state index in [1.54, 1.807) is 0 Å². The number of aromatic nitrogens is 1. The highest BCUT2D eigenvalue weighted by Crippen LogP contribution is 2.07. The molecule has 12 heavy (non-hydrogen) atoms. The van der Waals surface area contributed by atoms with Gasteiger partial charge in [0.25, 0.3) is 0 Å². The lowest BCUT2D eigenvalue weighted by Gasteiger charge is -2.03. The summed E-state index contributed by atoms with van der Waals surface area (Å²) < 4.78 is 0. The predicted molar refractivity (Wildman–Crippen MR) is 52.1 cm³/mol. The number of rotatable bonds is 3. The Morgan fingerprint density at radius 2 is 2.17 bits per heavy atom. The van der Waals surface area contributed by atoms with Crippen molar-refractivity contribution in [2.75, 3.05) is 0 Å². The molecule has 0 aliphatic heterocycles. The molecule has 0 fully saturated rings. The molecular weight excluding hydrogens is 146 g/mol. The topological polar surface area (TPSA) is 12.9 Å². The minimum atomic E-state index is 0.771. The molecule has 1 heteroatoms. The average molecular weight is 163 g/mol. The minimum absolute atomic E-state index is 0.771. The molecule has 0 aromatic carbocycles. The third-order valence-electron chi connectivity index (χ3n) is 1.95. The third-order valence-corrected chi connectivity index (χ3v) is 1.95. The smallest absolute Gasteiger partial charge is 0.0406 e. The van der Waals surface area contributed by atoms with Crippen LogP contribution >= 0.6 is 0 Å². The van der Waals surface area contributed by atoms with Crippen molar-refractivity contribution in [3.05, 3.63) is 29.6 Å². The Balaban J connectivity index is 2.52. The van der Waals surface area contributed by atoms with Crippen LogP contribution in [0.3, 0.4) is 0 Å². The van der Waals surface area contributed by atoms with Gasteiger partial charge in [-0.2, -0.15) is 0 Å². The monoisotopic (exact) mass is 163 g/mol. The molecule has 0 aliphatic carbocycles. The van der Waals surface area contributed by atoms with Crippen molar-refractivity contribution >= 4 is 0 Å². The van der Waals surface area contributed by atoms with Crippen LogP contribution < -0.4 is 0 Å². The molecule has 66 valence electrons. The van der Waals surface area contributed by atoms with E-state index >= 15 is 0 Å². The van der Waals surface area contributed by atoms with Crippen LogP contribution in [0.4, 0.5) is 0 Å².